The topological polar surface area (TPSA) is 32.3 Å². The van der Waals surface area contributed by atoms with Crippen LogP contribution in [0.3, 0.4) is 0 Å². The zero-order chi connectivity index (χ0) is 12.1. The third-order valence-electron chi connectivity index (χ3n) is 2.51. The van der Waals surface area contributed by atoms with E-state index in [-0.39, 0.29) is 24.4 Å². The third kappa shape index (κ3) is 3.85. The van der Waals surface area contributed by atoms with Crippen LogP contribution in [-0.2, 0) is 0 Å². The number of aliphatic hydroxyl groups excluding tert-OH is 1. The fourth-order valence-electron chi connectivity index (χ4n) is 1.41. The second kappa shape index (κ2) is 6.33. The number of nitrogens with one attached hydrogen (secondary N) is 1. The van der Waals surface area contributed by atoms with Gasteiger partial charge in [0.1, 0.15) is 5.82 Å². The summed E-state index contributed by atoms with van der Waals surface area (Å²) in [4.78, 5) is 0. The molecule has 2 N–H and O–H groups in total. The third-order valence-corrected chi connectivity index (χ3v) is 3.20. The molecular formula is C12H17BrFNO. The highest BCUT2D eigenvalue weighted by atomic mass is 79.9. The lowest BCUT2D eigenvalue weighted by molar-refractivity contribution is 0.231. The Morgan fingerprint density at radius 1 is 1.44 bits per heavy atom. The van der Waals surface area contributed by atoms with Crippen LogP contribution in [0.15, 0.2) is 22.7 Å². The molecule has 16 heavy (non-hydrogen) atoms. The Balaban J connectivity index is 2.62. The fraction of sp³-hybridized carbons (Fsp3) is 0.500. The van der Waals surface area contributed by atoms with Crippen molar-refractivity contribution in [1.82, 2.24) is 5.32 Å². The van der Waals surface area contributed by atoms with Gasteiger partial charge in [-0.05, 0) is 30.5 Å². The van der Waals surface area contributed by atoms with Gasteiger partial charge >= 0.3 is 0 Å². The molecule has 1 rings (SSSR count). The monoisotopic (exact) mass is 289 g/mol. The van der Waals surface area contributed by atoms with Crippen molar-refractivity contribution in [3.8, 4) is 0 Å². The maximum absolute atomic E-state index is 12.9. The summed E-state index contributed by atoms with van der Waals surface area (Å²) in [6.45, 7) is 4.90. The first-order valence-corrected chi connectivity index (χ1v) is 6.13. The minimum atomic E-state index is -0.244. The summed E-state index contributed by atoms with van der Waals surface area (Å²) < 4.78 is 13.7. The molecule has 2 nitrogen and oxygen atoms in total. The van der Waals surface area contributed by atoms with E-state index in [0.29, 0.717) is 0 Å². The normalized spacial score (nSPS) is 14.8. The molecule has 0 amide bonds. The van der Waals surface area contributed by atoms with Gasteiger partial charge in [-0.2, -0.15) is 0 Å². The molecular weight excluding hydrogens is 273 g/mol. The van der Waals surface area contributed by atoms with Gasteiger partial charge in [-0.1, -0.05) is 28.9 Å². The second-order valence-electron chi connectivity index (χ2n) is 4.08. The Morgan fingerprint density at radius 2 is 2.12 bits per heavy atom. The molecule has 4 heteroatoms. The molecule has 0 aliphatic rings. The van der Waals surface area contributed by atoms with Crippen molar-refractivity contribution < 1.29 is 9.50 Å². The van der Waals surface area contributed by atoms with E-state index in [4.69, 9.17) is 5.11 Å². The van der Waals surface area contributed by atoms with Crippen LogP contribution >= 0.6 is 15.9 Å². The number of halogens is 2. The smallest absolute Gasteiger partial charge is 0.124 e. The van der Waals surface area contributed by atoms with Crippen LogP contribution in [0.2, 0.25) is 0 Å². The highest BCUT2D eigenvalue weighted by Crippen LogP contribution is 2.24. The first kappa shape index (κ1) is 13.6. The number of benzene rings is 1. The molecule has 0 bridgehead atoms. The molecule has 1 aromatic carbocycles. The Morgan fingerprint density at radius 3 is 2.69 bits per heavy atom. The number of hydrogen-bond acceptors (Lipinski definition) is 2. The van der Waals surface area contributed by atoms with Gasteiger partial charge in [0.15, 0.2) is 0 Å². The van der Waals surface area contributed by atoms with E-state index in [2.05, 4.69) is 21.2 Å². The minimum Gasteiger partial charge on any atom is -0.396 e. The largest absolute Gasteiger partial charge is 0.396 e. The average Bonchev–Trinajstić information content (AvgIpc) is 2.25. The van der Waals surface area contributed by atoms with Gasteiger partial charge in [-0.15, -0.1) is 0 Å². The summed E-state index contributed by atoms with van der Waals surface area (Å²) in [5.41, 5.74) is 1.02. The summed E-state index contributed by atoms with van der Waals surface area (Å²) in [5, 5.41) is 12.2. The predicted octanol–water partition coefficient (Wildman–Crippen LogP) is 2.87. The first-order chi connectivity index (χ1) is 7.54. The molecule has 0 aliphatic heterocycles. The Hall–Kier alpha value is -0.450. The SMILES string of the molecule is CC(CO)CNC(C)c1ccc(F)cc1Br. The van der Waals surface area contributed by atoms with E-state index in [9.17, 15) is 4.39 Å². The van der Waals surface area contributed by atoms with Gasteiger partial charge in [0.05, 0.1) is 0 Å². The van der Waals surface area contributed by atoms with E-state index in [1.54, 1.807) is 6.07 Å². The van der Waals surface area contributed by atoms with Crippen molar-refractivity contribution in [2.75, 3.05) is 13.2 Å². The number of rotatable bonds is 5. The lowest BCUT2D eigenvalue weighted by Crippen LogP contribution is -2.26. The van der Waals surface area contributed by atoms with Crippen molar-refractivity contribution >= 4 is 15.9 Å². The maximum Gasteiger partial charge on any atom is 0.124 e. The van der Waals surface area contributed by atoms with Crippen LogP contribution in [0, 0.1) is 11.7 Å². The molecule has 0 spiro atoms. The number of aliphatic hydroxyl groups is 1. The molecule has 0 fully saturated rings. The summed E-state index contributed by atoms with van der Waals surface area (Å²) in [6, 6.07) is 4.81. The lowest BCUT2D eigenvalue weighted by Gasteiger charge is -2.18. The first-order valence-electron chi connectivity index (χ1n) is 5.33. The average molecular weight is 290 g/mol. The van der Waals surface area contributed by atoms with Crippen LogP contribution in [0.25, 0.3) is 0 Å². The highest BCUT2D eigenvalue weighted by Gasteiger charge is 2.10. The Labute approximate surface area is 104 Å². The summed E-state index contributed by atoms with van der Waals surface area (Å²) >= 11 is 3.34. The molecule has 0 aromatic heterocycles. The molecule has 0 aliphatic carbocycles. The van der Waals surface area contributed by atoms with Gasteiger partial charge in [0.25, 0.3) is 0 Å². The van der Waals surface area contributed by atoms with Crippen molar-refractivity contribution in [3.63, 3.8) is 0 Å². The van der Waals surface area contributed by atoms with E-state index in [1.807, 2.05) is 13.8 Å². The molecule has 0 radical (unpaired) electrons. The summed E-state index contributed by atoms with van der Waals surface area (Å²) in [5.74, 6) is -0.0202. The predicted molar refractivity (Wildman–Crippen MR) is 66.8 cm³/mol. The summed E-state index contributed by atoms with van der Waals surface area (Å²) in [7, 11) is 0. The zero-order valence-electron chi connectivity index (χ0n) is 9.50. The maximum atomic E-state index is 12.9. The van der Waals surface area contributed by atoms with Crippen LogP contribution in [0.1, 0.15) is 25.5 Å². The van der Waals surface area contributed by atoms with Crippen molar-refractivity contribution in [1.29, 1.82) is 0 Å². The van der Waals surface area contributed by atoms with E-state index in [0.717, 1.165) is 16.6 Å². The number of hydrogen-bond donors (Lipinski definition) is 2. The van der Waals surface area contributed by atoms with Crippen molar-refractivity contribution in [2.24, 2.45) is 5.92 Å². The molecule has 2 atom stereocenters. The molecule has 0 saturated heterocycles. The second-order valence-corrected chi connectivity index (χ2v) is 4.94. The van der Waals surface area contributed by atoms with E-state index >= 15 is 0 Å². The van der Waals surface area contributed by atoms with Crippen LogP contribution in [-0.4, -0.2) is 18.3 Å². The fourth-order valence-corrected chi connectivity index (χ4v) is 2.10. The Kier molecular flexibility index (Phi) is 5.38. The zero-order valence-corrected chi connectivity index (χ0v) is 11.1. The van der Waals surface area contributed by atoms with Crippen LogP contribution in [0.4, 0.5) is 4.39 Å². The van der Waals surface area contributed by atoms with Gasteiger partial charge < -0.3 is 10.4 Å². The van der Waals surface area contributed by atoms with E-state index < -0.39 is 0 Å². The van der Waals surface area contributed by atoms with Crippen molar-refractivity contribution in [3.05, 3.63) is 34.1 Å². The minimum absolute atomic E-state index is 0.129. The van der Waals surface area contributed by atoms with Crippen molar-refractivity contribution in [2.45, 2.75) is 19.9 Å². The standard InChI is InChI=1S/C12H17BrFNO/c1-8(7-16)6-15-9(2)11-4-3-10(14)5-12(11)13/h3-5,8-9,15-16H,6-7H2,1-2H3. The van der Waals surface area contributed by atoms with Gasteiger partial charge in [-0.25, -0.2) is 4.39 Å². The molecule has 1 aromatic rings. The lowest BCUT2D eigenvalue weighted by atomic mass is 10.1. The van der Waals surface area contributed by atoms with E-state index in [1.165, 1.54) is 12.1 Å². The van der Waals surface area contributed by atoms with Gasteiger partial charge in [0, 0.05) is 23.7 Å². The quantitative estimate of drug-likeness (QED) is 0.874. The molecule has 90 valence electrons. The van der Waals surface area contributed by atoms with Crippen LogP contribution < -0.4 is 5.32 Å². The highest BCUT2D eigenvalue weighted by molar-refractivity contribution is 9.10. The summed E-state index contributed by atoms with van der Waals surface area (Å²) in [6.07, 6.45) is 0. The van der Waals surface area contributed by atoms with Gasteiger partial charge in [-0.3, -0.25) is 0 Å². The van der Waals surface area contributed by atoms with Gasteiger partial charge in [0.2, 0.25) is 0 Å². The molecule has 0 saturated carbocycles. The molecule has 2 unspecified atom stereocenters. The Bertz CT molecular complexity index is 346. The molecule has 0 heterocycles. The van der Waals surface area contributed by atoms with Crippen LogP contribution in [0.5, 0.6) is 0 Å².